The van der Waals surface area contributed by atoms with Crippen molar-refractivity contribution in [2.45, 2.75) is 31.1 Å². The molecule has 0 saturated carbocycles. The van der Waals surface area contributed by atoms with Gasteiger partial charge in [-0.15, -0.1) is 6.42 Å². The van der Waals surface area contributed by atoms with Gasteiger partial charge in [0.15, 0.2) is 17.4 Å². The van der Waals surface area contributed by atoms with Crippen molar-refractivity contribution < 1.29 is 20.1 Å². The van der Waals surface area contributed by atoms with E-state index in [1.54, 1.807) is 0 Å². The largest absolute Gasteiger partial charge is 0.394 e. The fraction of sp³-hybridized carbons (Fsp3) is 0.462. The summed E-state index contributed by atoms with van der Waals surface area (Å²) in [6, 6.07) is 0. The first-order chi connectivity index (χ1) is 11.4. The van der Waals surface area contributed by atoms with Gasteiger partial charge < -0.3 is 25.8 Å². The van der Waals surface area contributed by atoms with Crippen LogP contribution in [0.1, 0.15) is 6.23 Å². The number of rotatable bonds is 3. The smallest absolute Gasteiger partial charge is 0.333 e. The molecule has 11 heteroatoms. The van der Waals surface area contributed by atoms with Gasteiger partial charge in [-0.3, -0.25) is 14.3 Å². The molecule has 0 spiro atoms. The van der Waals surface area contributed by atoms with Gasteiger partial charge in [-0.1, -0.05) is 5.92 Å². The number of aliphatic hydroxyl groups excluding tert-OH is 3. The third-order valence-corrected chi connectivity index (χ3v) is 3.85. The minimum absolute atomic E-state index is 0.134. The number of aromatic nitrogens is 4. The fourth-order valence-corrected chi connectivity index (χ4v) is 2.76. The zero-order valence-corrected chi connectivity index (χ0v) is 12.3. The summed E-state index contributed by atoms with van der Waals surface area (Å²) in [5.74, 6) is 2.00. The van der Waals surface area contributed by atoms with E-state index in [0.29, 0.717) is 0 Å². The quantitative estimate of drug-likeness (QED) is 0.363. The standard InChI is InChI=1S/C13H15N5O6/c1-2-3-17-6-9(15-12(14)16-10(6)22)18(13(17)23)11-8(21)7(20)5(4-19)24-11/h1,5,7-8,11,19-21H,3-4H2,(H3,14,15,16,22)/t5-,7-,8-,11-/m1/s1. The van der Waals surface area contributed by atoms with E-state index in [1.165, 1.54) is 0 Å². The van der Waals surface area contributed by atoms with Gasteiger partial charge in [0.2, 0.25) is 5.95 Å². The van der Waals surface area contributed by atoms with Gasteiger partial charge >= 0.3 is 5.69 Å². The maximum Gasteiger partial charge on any atom is 0.333 e. The number of nitrogens with one attached hydrogen (secondary N) is 1. The molecule has 1 fully saturated rings. The van der Waals surface area contributed by atoms with Crippen molar-refractivity contribution in [3.05, 3.63) is 20.8 Å². The minimum atomic E-state index is -1.52. The molecule has 128 valence electrons. The molecule has 0 bridgehead atoms. The maximum absolute atomic E-state index is 12.6. The summed E-state index contributed by atoms with van der Waals surface area (Å²) < 4.78 is 7.21. The van der Waals surface area contributed by atoms with Crippen LogP contribution in [0, 0.1) is 12.3 Å². The summed E-state index contributed by atoms with van der Waals surface area (Å²) in [6.45, 7) is -0.783. The predicted molar refractivity (Wildman–Crippen MR) is 80.9 cm³/mol. The monoisotopic (exact) mass is 337 g/mol. The number of nitrogens with zero attached hydrogens (tertiary/aromatic N) is 3. The zero-order chi connectivity index (χ0) is 17.6. The Labute approximate surface area is 133 Å². The second-order valence-electron chi connectivity index (χ2n) is 5.30. The highest BCUT2D eigenvalue weighted by atomic mass is 16.6. The molecule has 1 saturated heterocycles. The number of fused-ring (bicyclic) bond motifs is 1. The van der Waals surface area contributed by atoms with E-state index in [4.69, 9.17) is 16.9 Å². The van der Waals surface area contributed by atoms with Crippen molar-refractivity contribution in [2.24, 2.45) is 0 Å². The maximum atomic E-state index is 12.6. The van der Waals surface area contributed by atoms with Crippen molar-refractivity contribution in [3.63, 3.8) is 0 Å². The van der Waals surface area contributed by atoms with Gasteiger partial charge in [0.25, 0.3) is 5.56 Å². The number of nitrogens with two attached hydrogens (primary N) is 1. The molecule has 3 heterocycles. The number of nitrogen functional groups attached to an aromatic ring is 1. The molecule has 3 rings (SSSR count). The molecule has 11 nitrogen and oxygen atoms in total. The molecule has 1 aliphatic rings. The van der Waals surface area contributed by atoms with Crippen LogP contribution in [0.15, 0.2) is 9.59 Å². The SMILES string of the molecule is C#CCn1c(=O)n([C@@H]2O[C@H](CO)[C@@H](O)[C@H]2O)c2nc(N)[nH]c(=O)c21. The summed E-state index contributed by atoms with van der Waals surface area (Å²) in [6.07, 6.45) is -0.171. The molecule has 24 heavy (non-hydrogen) atoms. The Morgan fingerprint density at radius 1 is 1.38 bits per heavy atom. The van der Waals surface area contributed by atoms with Gasteiger partial charge in [0.1, 0.15) is 18.3 Å². The number of imidazole rings is 1. The number of aliphatic hydroxyl groups is 3. The molecule has 0 radical (unpaired) electrons. The van der Waals surface area contributed by atoms with Crippen LogP contribution < -0.4 is 17.0 Å². The molecule has 0 unspecified atom stereocenters. The first-order valence-corrected chi connectivity index (χ1v) is 6.97. The summed E-state index contributed by atoms with van der Waals surface area (Å²) in [5.41, 5.74) is 3.79. The molecule has 0 aromatic carbocycles. The van der Waals surface area contributed by atoms with Gasteiger partial charge in [0.05, 0.1) is 13.2 Å². The van der Waals surface area contributed by atoms with Gasteiger partial charge in [-0.25, -0.2) is 9.36 Å². The average Bonchev–Trinajstić information content (AvgIpc) is 2.96. The first kappa shape index (κ1) is 16.2. The lowest BCUT2D eigenvalue weighted by atomic mass is 10.1. The molecule has 4 atom stereocenters. The van der Waals surface area contributed by atoms with Crippen LogP contribution in [0.25, 0.3) is 11.2 Å². The third-order valence-electron chi connectivity index (χ3n) is 3.85. The van der Waals surface area contributed by atoms with Crippen molar-refractivity contribution in [1.82, 2.24) is 19.1 Å². The number of hydrogen-bond donors (Lipinski definition) is 5. The lowest BCUT2D eigenvalue weighted by molar-refractivity contribution is -0.0527. The fourth-order valence-electron chi connectivity index (χ4n) is 2.76. The Kier molecular flexibility index (Phi) is 3.90. The van der Waals surface area contributed by atoms with E-state index < -0.39 is 42.4 Å². The van der Waals surface area contributed by atoms with Crippen LogP contribution in [-0.4, -0.2) is 59.3 Å². The molecular weight excluding hydrogens is 322 g/mol. The number of ether oxygens (including phenoxy) is 1. The van der Waals surface area contributed by atoms with E-state index in [9.17, 15) is 24.9 Å². The molecule has 1 aliphatic heterocycles. The lowest BCUT2D eigenvalue weighted by Crippen LogP contribution is -2.36. The summed E-state index contributed by atoms with van der Waals surface area (Å²) in [7, 11) is 0. The van der Waals surface area contributed by atoms with Crippen LogP contribution in [-0.2, 0) is 11.3 Å². The van der Waals surface area contributed by atoms with E-state index in [0.717, 1.165) is 9.13 Å². The predicted octanol–water partition coefficient (Wildman–Crippen LogP) is -3.29. The molecule has 6 N–H and O–H groups in total. The van der Waals surface area contributed by atoms with Crippen LogP contribution in [0.4, 0.5) is 5.95 Å². The Balaban J connectivity index is 2.30. The lowest BCUT2D eigenvalue weighted by Gasteiger charge is -2.15. The van der Waals surface area contributed by atoms with Gasteiger partial charge in [-0.2, -0.15) is 4.98 Å². The van der Waals surface area contributed by atoms with E-state index in [-0.39, 0.29) is 23.7 Å². The third kappa shape index (κ3) is 2.21. The zero-order valence-electron chi connectivity index (χ0n) is 12.3. The van der Waals surface area contributed by atoms with Crippen LogP contribution in [0.3, 0.4) is 0 Å². The second kappa shape index (κ2) is 5.77. The summed E-state index contributed by atoms with van der Waals surface area (Å²) in [4.78, 5) is 30.9. The number of anilines is 1. The Hall–Kier alpha value is -2.65. The number of H-pyrrole nitrogens is 1. The van der Waals surface area contributed by atoms with Crippen LogP contribution in [0.2, 0.25) is 0 Å². The van der Waals surface area contributed by atoms with Crippen molar-refractivity contribution >= 4 is 17.1 Å². The molecular formula is C13H15N5O6. The van der Waals surface area contributed by atoms with Crippen LogP contribution in [0.5, 0.6) is 0 Å². The van der Waals surface area contributed by atoms with E-state index in [1.807, 2.05) is 0 Å². The number of terminal acetylenes is 1. The second-order valence-corrected chi connectivity index (χ2v) is 5.30. The van der Waals surface area contributed by atoms with Crippen molar-refractivity contribution in [1.29, 1.82) is 0 Å². The van der Waals surface area contributed by atoms with E-state index in [2.05, 4.69) is 15.9 Å². The number of hydrogen-bond acceptors (Lipinski definition) is 8. The van der Waals surface area contributed by atoms with Crippen molar-refractivity contribution in [2.75, 3.05) is 12.3 Å². The minimum Gasteiger partial charge on any atom is -0.394 e. The molecule has 0 aliphatic carbocycles. The molecule has 2 aromatic rings. The Bertz CT molecular complexity index is 937. The van der Waals surface area contributed by atoms with Crippen LogP contribution >= 0.6 is 0 Å². The molecule has 0 amide bonds. The normalized spacial score (nSPS) is 26.8. The summed E-state index contributed by atoms with van der Waals surface area (Å²) >= 11 is 0. The molecule has 2 aromatic heterocycles. The van der Waals surface area contributed by atoms with Gasteiger partial charge in [0, 0.05) is 0 Å². The highest BCUT2D eigenvalue weighted by molar-refractivity contribution is 5.72. The highest BCUT2D eigenvalue weighted by Crippen LogP contribution is 2.30. The average molecular weight is 337 g/mol. The summed E-state index contributed by atoms with van der Waals surface area (Å²) in [5, 5.41) is 29.2. The van der Waals surface area contributed by atoms with E-state index >= 15 is 0 Å². The number of aromatic amines is 1. The Morgan fingerprint density at radius 2 is 2.08 bits per heavy atom. The topological polar surface area (TPSA) is 169 Å². The Morgan fingerprint density at radius 3 is 2.67 bits per heavy atom. The van der Waals surface area contributed by atoms with Crippen molar-refractivity contribution in [3.8, 4) is 12.3 Å². The van der Waals surface area contributed by atoms with Gasteiger partial charge in [-0.05, 0) is 0 Å². The highest BCUT2D eigenvalue weighted by Gasteiger charge is 2.45. The first-order valence-electron chi connectivity index (χ1n) is 6.97.